The first-order valence-corrected chi connectivity index (χ1v) is 10.9. The average molecular weight is 427 g/mol. The number of sulfonamides is 1. The lowest BCUT2D eigenvalue weighted by Crippen LogP contribution is -2.48. The zero-order valence-electron chi connectivity index (χ0n) is 14.2. The van der Waals surface area contributed by atoms with Crippen molar-refractivity contribution < 1.29 is 12.8 Å². The molecule has 0 atom stereocenters. The lowest BCUT2D eigenvalue weighted by molar-refractivity contribution is 0.180. The number of halogens is 2. The normalized spacial score (nSPS) is 16.8. The minimum Gasteiger partial charge on any atom is -0.296 e. The molecule has 10 heteroatoms. The minimum atomic E-state index is -3.66. The second-order valence-corrected chi connectivity index (χ2v) is 9.11. The van der Waals surface area contributed by atoms with Crippen LogP contribution in [0.2, 0.25) is 5.02 Å². The summed E-state index contributed by atoms with van der Waals surface area (Å²) in [6.45, 7) is 1.99. The lowest BCUT2D eigenvalue weighted by atomic mass is 10.2. The van der Waals surface area contributed by atoms with Crippen molar-refractivity contribution in [3.8, 4) is 0 Å². The molecule has 1 aliphatic heterocycles. The third-order valence-corrected chi connectivity index (χ3v) is 7.47. The molecular weight excluding hydrogens is 411 g/mol. The highest BCUT2D eigenvalue weighted by Gasteiger charge is 2.31. The molecule has 0 amide bonds. The molecule has 0 radical (unpaired) electrons. The Morgan fingerprint density at radius 3 is 2.56 bits per heavy atom. The van der Waals surface area contributed by atoms with Gasteiger partial charge >= 0.3 is 0 Å². The Hall–Kier alpha value is -1.65. The molecule has 0 N–H and O–H groups in total. The molecule has 0 spiro atoms. The fourth-order valence-electron chi connectivity index (χ4n) is 3.16. The fourth-order valence-corrected chi connectivity index (χ4v) is 5.56. The van der Waals surface area contributed by atoms with E-state index in [1.165, 1.54) is 10.4 Å². The van der Waals surface area contributed by atoms with E-state index in [0.717, 1.165) is 11.7 Å². The van der Waals surface area contributed by atoms with E-state index in [-0.39, 0.29) is 10.7 Å². The highest BCUT2D eigenvalue weighted by molar-refractivity contribution is 7.89. The SMILES string of the molecule is O=S(=O)(c1cccc2nsnc12)N1CCN(Cc2c(F)cccc2Cl)CC1. The van der Waals surface area contributed by atoms with Crippen LogP contribution in [0.3, 0.4) is 0 Å². The van der Waals surface area contributed by atoms with E-state index in [1.807, 2.05) is 4.90 Å². The van der Waals surface area contributed by atoms with Crippen LogP contribution in [0.1, 0.15) is 5.56 Å². The second-order valence-electron chi connectivity index (χ2n) is 6.27. The number of aromatic nitrogens is 2. The van der Waals surface area contributed by atoms with Gasteiger partial charge in [-0.25, -0.2) is 12.8 Å². The van der Waals surface area contributed by atoms with Crippen molar-refractivity contribution in [2.24, 2.45) is 0 Å². The summed E-state index contributed by atoms with van der Waals surface area (Å²) in [7, 11) is -3.66. The van der Waals surface area contributed by atoms with Gasteiger partial charge in [0.15, 0.2) is 0 Å². The molecule has 0 bridgehead atoms. The van der Waals surface area contributed by atoms with E-state index < -0.39 is 10.0 Å². The Balaban J connectivity index is 1.50. The zero-order valence-corrected chi connectivity index (χ0v) is 16.6. The van der Waals surface area contributed by atoms with Crippen LogP contribution in [0, 0.1) is 5.82 Å². The van der Waals surface area contributed by atoms with Crippen LogP contribution < -0.4 is 0 Å². The molecule has 1 fully saturated rings. The molecule has 142 valence electrons. The maximum absolute atomic E-state index is 14.0. The molecule has 1 aromatic heterocycles. The van der Waals surface area contributed by atoms with E-state index in [0.29, 0.717) is 54.3 Å². The van der Waals surface area contributed by atoms with Crippen molar-refractivity contribution in [3.63, 3.8) is 0 Å². The first kappa shape index (κ1) is 18.7. The fraction of sp³-hybridized carbons (Fsp3) is 0.294. The molecule has 2 aromatic carbocycles. The van der Waals surface area contributed by atoms with Gasteiger partial charge in [-0.3, -0.25) is 4.90 Å². The smallest absolute Gasteiger partial charge is 0.245 e. The molecule has 27 heavy (non-hydrogen) atoms. The highest BCUT2D eigenvalue weighted by Crippen LogP contribution is 2.26. The lowest BCUT2D eigenvalue weighted by Gasteiger charge is -2.34. The zero-order chi connectivity index (χ0) is 19.0. The maximum Gasteiger partial charge on any atom is 0.245 e. The summed E-state index contributed by atoms with van der Waals surface area (Å²) in [4.78, 5) is 2.18. The molecule has 0 unspecified atom stereocenters. The van der Waals surface area contributed by atoms with Crippen molar-refractivity contribution in [2.45, 2.75) is 11.4 Å². The van der Waals surface area contributed by atoms with Gasteiger partial charge < -0.3 is 0 Å². The number of hydrogen-bond donors (Lipinski definition) is 0. The van der Waals surface area contributed by atoms with Crippen LogP contribution >= 0.6 is 23.3 Å². The molecule has 1 saturated heterocycles. The van der Waals surface area contributed by atoms with Crippen molar-refractivity contribution >= 4 is 44.4 Å². The van der Waals surface area contributed by atoms with Crippen molar-refractivity contribution in [2.75, 3.05) is 26.2 Å². The average Bonchev–Trinajstić information content (AvgIpc) is 3.14. The molecule has 2 heterocycles. The number of piperazine rings is 1. The molecule has 3 aromatic rings. The third-order valence-electron chi connectivity index (χ3n) is 4.64. The van der Waals surface area contributed by atoms with Gasteiger partial charge in [-0.2, -0.15) is 13.1 Å². The molecule has 4 rings (SSSR count). The minimum absolute atomic E-state index is 0.180. The summed E-state index contributed by atoms with van der Waals surface area (Å²) in [5, 5.41) is 0.382. The molecule has 6 nitrogen and oxygen atoms in total. The van der Waals surface area contributed by atoms with Crippen molar-refractivity contribution in [1.29, 1.82) is 0 Å². The van der Waals surface area contributed by atoms with Crippen molar-refractivity contribution in [3.05, 3.63) is 52.8 Å². The van der Waals surface area contributed by atoms with Gasteiger partial charge in [0.25, 0.3) is 0 Å². The first-order chi connectivity index (χ1) is 13.0. The number of hydrogen-bond acceptors (Lipinski definition) is 6. The van der Waals surface area contributed by atoms with Gasteiger partial charge in [0, 0.05) is 43.3 Å². The number of benzene rings is 2. The van der Waals surface area contributed by atoms with Crippen LogP contribution in [0.5, 0.6) is 0 Å². The number of nitrogens with zero attached hydrogens (tertiary/aromatic N) is 4. The summed E-state index contributed by atoms with van der Waals surface area (Å²) in [6.07, 6.45) is 0. The van der Waals surface area contributed by atoms with Crippen molar-refractivity contribution in [1.82, 2.24) is 18.0 Å². The van der Waals surface area contributed by atoms with Gasteiger partial charge in [-0.05, 0) is 24.3 Å². The Morgan fingerprint density at radius 2 is 1.81 bits per heavy atom. The standard InChI is InChI=1S/C17H16ClFN4O2S2/c18-13-3-1-4-14(19)12(13)11-22-7-9-23(10-8-22)27(24,25)16-6-2-5-15-17(16)21-26-20-15/h1-6H,7-11H2. The van der Waals surface area contributed by atoms with Crippen LogP contribution in [-0.2, 0) is 16.6 Å². The third kappa shape index (κ3) is 3.57. The van der Waals surface area contributed by atoms with Gasteiger partial charge in [-0.15, -0.1) is 0 Å². The van der Waals surface area contributed by atoms with Gasteiger partial charge in [0.2, 0.25) is 10.0 Å². The molecule has 0 saturated carbocycles. The predicted octanol–water partition coefficient (Wildman–Crippen LogP) is 2.99. The van der Waals surface area contributed by atoms with Crippen LogP contribution in [0.4, 0.5) is 4.39 Å². The quantitative estimate of drug-likeness (QED) is 0.641. The predicted molar refractivity (Wildman–Crippen MR) is 103 cm³/mol. The van der Waals surface area contributed by atoms with Gasteiger partial charge in [-0.1, -0.05) is 23.7 Å². The van der Waals surface area contributed by atoms with Crippen LogP contribution in [-0.4, -0.2) is 52.5 Å². The summed E-state index contributed by atoms with van der Waals surface area (Å²) in [5.41, 5.74) is 1.42. The number of rotatable bonds is 4. The monoisotopic (exact) mass is 426 g/mol. The van der Waals surface area contributed by atoms with E-state index in [9.17, 15) is 12.8 Å². The summed E-state index contributed by atoms with van der Waals surface area (Å²) in [6, 6.07) is 9.58. The second kappa shape index (κ2) is 7.40. The largest absolute Gasteiger partial charge is 0.296 e. The molecule has 1 aliphatic rings. The summed E-state index contributed by atoms with van der Waals surface area (Å²) < 4.78 is 49.7. The topological polar surface area (TPSA) is 66.4 Å². The van der Waals surface area contributed by atoms with E-state index in [1.54, 1.807) is 30.3 Å². The van der Waals surface area contributed by atoms with Crippen LogP contribution in [0.15, 0.2) is 41.3 Å². The summed E-state index contributed by atoms with van der Waals surface area (Å²) in [5.74, 6) is -0.347. The van der Waals surface area contributed by atoms with E-state index >= 15 is 0 Å². The Bertz CT molecular complexity index is 1060. The van der Waals surface area contributed by atoms with Gasteiger partial charge in [0.1, 0.15) is 21.7 Å². The van der Waals surface area contributed by atoms with E-state index in [4.69, 9.17) is 11.6 Å². The Morgan fingerprint density at radius 1 is 1.07 bits per heavy atom. The molecular formula is C17H16ClFN4O2S2. The maximum atomic E-state index is 14.0. The van der Waals surface area contributed by atoms with Gasteiger partial charge in [0.05, 0.1) is 11.7 Å². The highest BCUT2D eigenvalue weighted by atomic mass is 35.5. The van der Waals surface area contributed by atoms with E-state index in [2.05, 4.69) is 8.75 Å². The Labute approximate surface area is 165 Å². The number of fused-ring (bicyclic) bond motifs is 1. The molecule has 0 aliphatic carbocycles. The summed E-state index contributed by atoms with van der Waals surface area (Å²) >= 11 is 7.08. The van der Waals surface area contributed by atoms with Crippen LogP contribution in [0.25, 0.3) is 11.0 Å². The first-order valence-electron chi connectivity index (χ1n) is 8.33. The Kier molecular flexibility index (Phi) is 5.13.